The Bertz CT molecular complexity index is 2060. The van der Waals surface area contributed by atoms with Gasteiger partial charge in [-0.3, -0.25) is 43.2 Å². The quantitative estimate of drug-likeness (QED) is 0.0351. The number of primary amides is 2. The fourth-order valence-electron chi connectivity index (χ4n) is 6.34. The Labute approximate surface area is 396 Å². The number of carboxylic acids is 1. The molecule has 0 heterocycles. The highest BCUT2D eigenvalue weighted by molar-refractivity contribution is 7.98. The lowest BCUT2D eigenvalue weighted by Crippen LogP contribution is -2.61. The molecule has 17 N–H and O–H groups in total. The molecule has 8 atom stereocenters. The zero-order valence-corrected chi connectivity index (χ0v) is 38.6. The van der Waals surface area contributed by atoms with Crippen molar-refractivity contribution in [2.24, 2.45) is 23.1 Å². The largest absolute Gasteiger partial charge is 0.508 e. The highest BCUT2D eigenvalue weighted by atomic mass is 32.2. The number of carboxylic acid groups (broad SMARTS) is 1. The molecule has 9 amide bonds. The van der Waals surface area contributed by atoms with E-state index in [1.165, 1.54) is 36.0 Å². The summed E-state index contributed by atoms with van der Waals surface area (Å²) < 4.78 is 0. The Morgan fingerprint density at radius 2 is 0.956 bits per heavy atom. The number of amides is 9. The van der Waals surface area contributed by atoms with E-state index in [0.29, 0.717) is 16.9 Å². The molecule has 0 saturated carbocycles. The Hall–Kier alpha value is -6.83. The summed E-state index contributed by atoms with van der Waals surface area (Å²) in [4.78, 5) is 130. The second-order valence-electron chi connectivity index (χ2n) is 16.1. The Kier molecular flexibility index (Phi) is 24.5. The molecule has 0 unspecified atom stereocenters. The van der Waals surface area contributed by atoms with Crippen LogP contribution in [0.1, 0.15) is 50.7 Å². The van der Waals surface area contributed by atoms with Crippen molar-refractivity contribution in [3.05, 3.63) is 65.7 Å². The van der Waals surface area contributed by atoms with E-state index in [-0.39, 0.29) is 37.4 Å². The number of carbonyl (C=O) groups excluding carboxylic acids is 9. The number of nitrogens with two attached hydrogens (primary N) is 3. The van der Waals surface area contributed by atoms with E-state index in [1.54, 1.807) is 50.4 Å². The molecule has 0 aliphatic rings. The highest BCUT2D eigenvalue weighted by Crippen LogP contribution is 2.14. The molecule has 0 aliphatic carbocycles. The van der Waals surface area contributed by atoms with Crippen molar-refractivity contribution in [3.63, 3.8) is 0 Å². The topological polar surface area (TPSA) is 414 Å². The van der Waals surface area contributed by atoms with Gasteiger partial charge in [0.25, 0.3) is 0 Å². The number of aliphatic carboxylic acids is 1. The van der Waals surface area contributed by atoms with Crippen LogP contribution in [0.3, 0.4) is 0 Å². The van der Waals surface area contributed by atoms with Crippen molar-refractivity contribution < 1.29 is 68.4 Å². The van der Waals surface area contributed by atoms with E-state index < -0.39 is 134 Å². The van der Waals surface area contributed by atoms with Crippen LogP contribution in [0.2, 0.25) is 0 Å². The van der Waals surface area contributed by atoms with Crippen molar-refractivity contribution in [3.8, 4) is 5.75 Å². The van der Waals surface area contributed by atoms with Gasteiger partial charge in [-0.15, -0.1) is 0 Å². The number of phenolic OH excluding ortho intramolecular Hbond substituents is 1. The van der Waals surface area contributed by atoms with Crippen molar-refractivity contribution in [2.75, 3.05) is 25.2 Å². The SMILES string of the molecule is CSCC[C@H](NC(=O)[C@H](CC(C)C)NC(=O)[C@H](CO)NC(=O)[C@H](CC(N)=O)NC(=O)[C@H](Cc1ccccc1)NC(=O)[C@@H](N)CO)C(=O)N[C@@H](Cc1ccc(O)cc1)C(=O)N[C@@H](CC(N)=O)C(=O)O. The van der Waals surface area contributed by atoms with E-state index in [0.717, 1.165) is 0 Å². The third-order valence-electron chi connectivity index (χ3n) is 9.92. The van der Waals surface area contributed by atoms with Gasteiger partial charge in [0.2, 0.25) is 53.2 Å². The molecule has 0 radical (unpaired) electrons. The lowest BCUT2D eigenvalue weighted by molar-refractivity contribution is -0.143. The summed E-state index contributed by atoms with van der Waals surface area (Å²) >= 11 is 1.31. The van der Waals surface area contributed by atoms with Gasteiger partial charge >= 0.3 is 5.97 Å². The van der Waals surface area contributed by atoms with Gasteiger partial charge in [0.1, 0.15) is 54.1 Å². The van der Waals surface area contributed by atoms with Gasteiger partial charge in [-0.2, -0.15) is 11.8 Å². The molecule has 68 heavy (non-hydrogen) atoms. The van der Waals surface area contributed by atoms with Gasteiger partial charge in [-0.1, -0.05) is 56.3 Å². The molecule has 0 saturated heterocycles. The molecular formula is C43H62N10O14S. The molecule has 24 nitrogen and oxygen atoms in total. The summed E-state index contributed by atoms with van der Waals surface area (Å²) in [6, 6.07) is 1.53. The van der Waals surface area contributed by atoms with Crippen LogP contribution < -0.4 is 54.4 Å². The average Bonchev–Trinajstić information content (AvgIpc) is 3.28. The zero-order valence-electron chi connectivity index (χ0n) is 37.8. The van der Waals surface area contributed by atoms with Crippen LogP contribution in [-0.2, 0) is 60.8 Å². The minimum Gasteiger partial charge on any atom is -0.508 e. The van der Waals surface area contributed by atoms with E-state index >= 15 is 0 Å². The van der Waals surface area contributed by atoms with Crippen LogP contribution in [0.15, 0.2) is 54.6 Å². The number of rotatable bonds is 30. The zero-order chi connectivity index (χ0) is 51.1. The summed E-state index contributed by atoms with van der Waals surface area (Å²) in [6.07, 6.45) is -0.257. The van der Waals surface area contributed by atoms with E-state index in [4.69, 9.17) is 17.2 Å². The minimum absolute atomic E-state index is 0.0134. The van der Waals surface area contributed by atoms with Crippen LogP contribution in [0.5, 0.6) is 5.75 Å². The smallest absolute Gasteiger partial charge is 0.326 e. The first-order chi connectivity index (χ1) is 32.1. The summed E-state index contributed by atoms with van der Waals surface area (Å²) in [5.41, 5.74) is 17.2. The number of hydrogen-bond acceptors (Lipinski definition) is 15. The number of benzene rings is 2. The van der Waals surface area contributed by atoms with Gasteiger partial charge in [0.15, 0.2) is 0 Å². The van der Waals surface area contributed by atoms with Crippen molar-refractivity contribution in [1.29, 1.82) is 0 Å². The second-order valence-corrected chi connectivity index (χ2v) is 17.0. The third-order valence-corrected chi connectivity index (χ3v) is 10.6. The molecule has 0 bridgehead atoms. The first kappa shape index (κ1) is 57.3. The molecule has 0 aromatic heterocycles. The van der Waals surface area contributed by atoms with E-state index in [2.05, 4.69) is 37.2 Å². The van der Waals surface area contributed by atoms with Crippen LogP contribution in [0.25, 0.3) is 0 Å². The molecule has 0 aliphatic heterocycles. The molecule has 0 spiro atoms. The lowest BCUT2D eigenvalue weighted by atomic mass is 10.0. The van der Waals surface area contributed by atoms with Crippen LogP contribution in [0.4, 0.5) is 0 Å². The third kappa shape index (κ3) is 20.4. The normalized spacial score (nSPS) is 14.5. The number of aliphatic hydroxyl groups excluding tert-OH is 2. The first-order valence-corrected chi connectivity index (χ1v) is 22.7. The first-order valence-electron chi connectivity index (χ1n) is 21.3. The number of phenols is 1. The van der Waals surface area contributed by atoms with Crippen molar-refractivity contribution in [2.45, 2.75) is 101 Å². The predicted octanol–water partition coefficient (Wildman–Crippen LogP) is -4.48. The molecule has 2 rings (SSSR count). The minimum atomic E-state index is -1.79. The number of carbonyl (C=O) groups is 10. The predicted molar refractivity (Wildman–Crippen MR) is 245 cm³/mol. The van der Waals surface area contributed by atoms with Crippen LogP contribution in [0, 0.1) is 5.92 Å². The van der Waals surface area contributed by atoms with Gasteiger partial charge in [0, 0.05) is 12.8 Å². The van der Waals surface area contributed by atoms with Gasteiger partial charge < -0.3 is 74.8 Å². The second kappa shape index (κ2) is 29.0. The van der Waals surface area contributed by atoms with Gasteiger partial charge in [-0.25, -0.2) is 4.79 Å². The van der Waals surface area contributed by atoms with E-state index in [1.807, 2.05) is 0 Å². The lowest BCUT2D eigenvalue weighted by Gasteiger charge is -2.28. The summed E-state index contributed by atoms with van der Waals surface area (Å²) in [7, 11) is 0. The van der Waals surface area contributed by atoms with Crippen LogP contribution >= 0.6 is 11.8 Å². The Morgan fingerprint density at radius 3 is 1.46 bits per heavy atom. The van der Waals surface area contributed by atoms with Crippen molar-refractivity contribution in [1.82, 2.24) is 37.2 Å². The molecule has 25 heteroatoms. The number of aromatic hydroxyl groups is 1. The number of thioether (sulfide) groups is 1. The molecule has 0 fully saturated rings. The highest BCUT2D eigenvalue weighted by Gasteiger charge is 2.35. The average molecular weight is 975 g/mol. The summed E-state index contributed by atoms with van der Waals surface area (Å²) in [6.45, 7) is 1.63. The molecule has 2 aromatic rings. The van der Waals surface area contributed by atoms with Gasteiger partial charge in [0.05, 0.1) is 26.1 Å². The van der Waals surface area contributed by atoms with Crippen molar-refractivity contribution >= 4 is 70.9 Å². The number of hydrogen-bond donors (Lipinski definition) is 14. The number of aliphatic hydroxyl groups is 2. The maximum absolute atomic E-state index is 13.9. The fourth-order valence-corrected chi connectivity index (χ4v) is 6.82. The van der Waals surface area contributed by atoms with Gasteiger partial charge in [-0.05, 0) is 54.0 Å². The summed E-state index contributed by atoms with van der Waals surface area (Å²) in [5, 5.41) is 55.6. The maximum Gasteiger partial charge on any atom is 0.326 e. The molecule has 2 aromatic carbocycles. The monoisotopic (exact) mass is 974 g/mol. The Balaban J connectivity index is 2.35. The summed E-state index contributed by atoms with van der Waals surface area (Å²) in [5.74, 6) is -10.7. The fraction of sp³-hybridized carbons (Fsp3) is 0.488. The maximum atomic E-state index is 13.9. The standard InChI is InChI=1S/C43H62N10O14S/c1-22(2)15-28(38(61)47-27(13-14-68-3)37(60)50-30(17-24-9-11-25(56)12-10-24)40(63)52-32(43(66)67)19-35(46)58)49-42(65)33(21-55)53-41(64)31(18-34(45)57)51-39(62)29(48-36(59)26(44)20-54)16-23-7-5-4-6-8-23/h4-12,22,26-33,54-56H,13-21,44H2,1-3H3,(H2,45,57)(H2,46,58)(H,47,61)(H,48,59)(H,49,65)(H,50,60)(H,51,62)(H,52,63)(H,53,64)(H,66,67)/t26-,27-,28-,29-,30-,31-,32-,33-/m0/s1. The van der Waals surface area contributed by atoms with E-state index in [9.17, 15) is 68.4 Å². The Morgan fingerprint density at radius 1 is 0.544 bits per heavy atom. The molecular weight excluding hydrogens is 913 g/mol. The number of nitrogens with one attached hydrogen (secondary N) is 7. The molecule has 374 valence electrons. The van der Waals surface area contributed by atoms with Crippen LogP contribution in [-0.4, -0.2) is 153 Å².